The Kier molecular flexibility index (Phi) is 4.16. The maximum absolute atomic E-state index is 9.01. The topological polar surface area (TPSA) is 71.1 Å². The number of methoxy groups -OCH3 is 1. The van der Waals surface area contributed by atoms with Crippen molar-refractivity contribution in [1.82, 2.24) is 10.5 Å². The van der Waals surface area contributed by atoms with E-state index in [0.717, 1.165) is 17.0 Å². The van der Waals surface area contributed by atoms with Crippen LogP contribution in [0.3, 0.4) is 0 Å². The zero-order chi connectivity index (χ0) is 13.7. The molecule has 1 aromatic carbocycles. The number of nitrogens with zero attached hydrogens (tertiary/aromatic N) is 2. The zero-order valence-corrected chi connectivity index (χ0v) is 10.9. The average molecular weight is 257 g/mol. The summed E-state index contributed by atoms with van der Waals surface area (Å²) >= 11 is 0. The maximum Gasteiger partial charge on any atom is 0.150 e. The molecule has 0 unspecified atom stereocenters. The normalized spacial score (nSPS) is 10.2. The molecule has 2 aromatic rings. The Morgan fingerprint density at radius 2 is 2.21 bits per heavy atom. The van der Waals surface area contributed by atoms with Gasteiger partial charge in [-0.05, 0) is 24.6 Å². The minimum absolute atomic E-state index is 0.539. The minimum atomic E-state index is 0.539. The molecule has 0 spiro atoms. The van der Waals surface area contributed by atoms with Gasteiger partial charge in [0.05, 0.1) is 24.9 Å². The zero-order valence-electron chi connectivity index (χ0n) is 10.9. The fourth-order valence-corrected chi connectivity index (χ4v) is 1.78. The third kappa shape index (κ3) is 3.33. The number of nitriles is 1. The molecule has 0 aliphatic rings. The average Bonchev–Trinajstić information content (AvgIpc) is 2.84. The van der Waals surface area contributed by atoms with E-state index in [-0.39, 0.29) is 0 Å². The van der Waals surface area contributed by atoms with Crippen LogP contribution in [0.1, 0.15) is 22.6 Å². The molecule has 0 saturated carbocycles. The van der Waals surface area contributed by atoms with Gasteiger partial charge in [0.15, 0.2) is 5.76 Å². The van der Waals surface area contributed by atoms with E-state index in [1.165, 1.54) is 0 Å². The highest BCUT2D eigenvalue weighted by molar-refractivity contribution is 5.45. The third-order valence-electron chi connectivity index (χ3n) is 2.69. The van der Waals surface area contributed by atoms with Crippen LogP contribution in [0.5, 0.6) is 5.75 Å². The Labute approximate surface area is 111 Å². The highest BCUT2D eigenvalue weighted by atomic mass is 16.5. The van der Waals surface area contributed by atoms with E-state index in [9.17, 15) is 0 Å². The molecule has 1 heterocycles. The van der Waals surface area contributed by atoms with Gasteiger partial charge in [0.2, 0.25) is 0 Å². The fourth-order valence-electron chi connectivity index (χ4n) is 1.78. The number of hydrogen-bond acceptors (Lipinski definition) is 5. The first-order valence-electron chi connectivity index (χ1n) is 5.93. The summed E-state index contributed by atoms with van der Waals surface area (Å²) in [4.78, 5) is 0. The molecule has 5 nitrogen and oxygen atoms in total. The van der Waals surface area contributed by atoms with Gasteiger partial charge in [0, 0.05) is 12.6 Å². The van der Waals surface area contributed by atoms with Crippen molar-refractivity contribution in [2.75, 3.05) is 7.11 Å². The van der Waals surface area contributed by atoms with E-state index in [1.54, 1.807) is 13.2 Å². The van der Waals surface area contributed by atoms with E-state index in [0.29, 0.717) is 24.4 Å². The van der Waals surface area contributed by atoms with Gasteiger partial charge in [-0.2, -0.15) is 5.26 Å². The molecule has 0 aliphatic heterocycles. The predicted molar refractivity (Wildman–Crippen MR) is 69.5 cm³/mol. The standard InChI is InChI=1S/C14H15N3O2/c1-10-5-13(19-17-10)9-16-8-11-3-4-14(18-2)12(6-11)7-15/h3-6,16H,8-9H2,1-2H3. The number of nitrogens with one attached hydrogen (secondary N) is 1. The van der Waals surface area contributed by atoms with Crippen LogP contribution < -0.4 is 10.1 Å². The molecule has 0 saturated heterocycles. The lowest BCUT2D eigenvalue weighted by atomic mass is 10.1. The number of benzene rings is 1. The summed E-state index contributed by atoms with van der Waals surface area (Å²) in [5.74, 6) is 1.39. The molecular weight excluding hydrogens is 242 g/mol. The molecule has 0 bridgehead atoms. The largest absolute Gasteiger partial charge is 0.495 e. The van der Waals surface area contributed by atoms with Crippen LogP contribution in [0.15, 0.2) is 28.8 Å². The van der Waals surface area contributed by atoms with Gasteiger partial charge in [0.25, 0.3) is 0 Å². The van der Waals surface area contributed by atoms with Crippen molar-refractivity contribution in [3.63, 3.8) is 0 Å². The second-order valence-corrected chi connectivity index (χ2v) is 4.18. The van der Waals surface area contributed by atoms with Crippen molar-refractivity contribution in [3.05, 3.63) is 46.8 Å². The highest BCUT2D eigenvalue weighted by Crippen LogP contribution is 2.18. The lowest BCUT2D eigenvalue weighted by Gasteiger charge is -2.06. The summed E-state index contributed by atoms with van der Waals surface area (Å²) in [5, 5.41) is 16.1. The van der Waals surface area contributed by atoms with Crippen LogP contribution in [-0.2, 0) is 13.1 Å². The number of hydrogen-bond donors (Lipinski definition) is 1. The molecule has 5 heteroatoms. The Hall–Kier alpha value is -2.32. The van der Waals surface area contributed by atoms with E-state index >= 15 is 0 Å². The van der Waals surface area contributed by atoms with Gasteiger partial charge in [-0.1, -0.05) is 11.2 Å². The van der Waals surface area contributed by atoms with Crippen molar-refractivity contribution >= 4 is 0 Å². The summed E-state index contributed by atoms with van der Waals surface area (Å²) in [6.07, 6.45) is 0. The molecule has 0 amide bonds. The van der Waals surface area contributed by atoms with Crippen LogP contribution in [0, 0.1) is 18.3 Å². The molecular formula is C14H15N3O2. The number of aryl methyl sites for hydroxylation is 1. The van der Waals surface area contributed by atoms with Crippen LogP contribution in [0.4, 0.5) is 0 Å². The number of aromatic nitrogens is 1. The van der Waals surface area contributed by atoms with Gasteiger partial charge in [-0.3, -0.25) is 0 Å². The van der Waals surface area contributed by atoms with Crippen molar-refractivity contribution in [3.8, 4) is 11.8 Å². The Morgan fingerprint density at radius 3 is 2.84 bits per heavy atom. The Balaban J connectivity index is 1.95. The molecule has 98 valence electrons. The maximum atomic E-state index is 9.01. The third-order valence-corrected chi connectivity index (χ3v) is 2.69. The lowest BCUT2D eigenvalue weighted by Crippen LogP contribution is -2.12. The molecule has 1 N–H and O–H groups in total. The van der Waals surface area contributed by atoms with Gasteiger partial charge in [0.1, 0.15) is 11.8 Å². The van der Waals surface area contributed by atoms with Crippen LogP contribution in [0.2, 0.25) is 0 Å². The predicted octanol–water partition coefficient (Wildman–Crippen LogP) is 2.15. The van der Waals surface area contributed by atoms with E-state index in [1.807, 2.05) is 25.1 Å². The van der Waals surface area contributed by atoms with E-state index in [2.05, 4.69) is 16.5 Å². The molecule has 1 aromatic heterocycles. The minimum Gasteiger partial charge on any atom is -0.495 e. The first-order chi connectivity index (χ1) is 9.22. The lowest BCUT2D eigenvalue weighted by molar-refractivity contribution is 0.369. The Bertz CT molecular complexity index is 599. The highest BCUT2D eigenvalue weighted by Gasteiger charge is 2.04. The second-order valence-electron chi connectivity index (χ2n) is 4.18. The van der Waals surface area contributed by atoms with Crippen molar-refractivity contribution in [1.29, 1.82) is 5.26 Å². The number of ether oxygens (including phenoxy) is 1. The monoisotopic (exact) mass is 257 g/mol. The van der Waals surface area contributed by atoms with E-state index in [4.69, 9.17) is 14.5 Å². The first-order valence-corrected chi connectivity index (χ1v) is 5.93. The summed E-state index contributed by atoms with van der Waals surface area (Å²) in [6.45, 7) is 3.14. The molecule has 0 aliphatic carbocycles. The van der Waals surface area contributed by atoms with Crippen LogP contribution in [-0.4, -0.2) is 12.3 Å². The molecule has 0 atom stereocenters. The van der Waals surface area contributed by atoms with Gasteiger partial charge in [-0.25, -0.2) is 0 Å². The summed E-state index contributed by atoms with van der Waals surface area (Å²) in [5.41, 5.74) is 2.43. The molecule has 19 heavy (non-hydrogen) atoms. The molecule has 2 rings (SSSR count). The first kappa shape index (κ1) is 13.1. The van der Waals surface area contributed by atoms with Crippen molar-refractivity contribution in [2.45, 2.75) is 20.0 Å². The second kappa shape index (κ2) is 6.03. The van der Waals surface area contributed by atoms with Gasteiger partial charge >= 0.3 is 0 Å². The summed E-state index contributed by atoms with van der Waals surface area (Å²) in [7, 11) is 1.56. The van der Waals surface area contributed by atoms with Crippen LogP contribution >= 0.6 is 0 Å². The van der Waals surface area contributed by atoms with Gasteiger partial charge < -0.3 is 14.6 Å². The van der Waals surface area contributed by atoms with Crippen LogP contribution in [0.25, 0.3) is 0 Å². The molecule has 0 radical (unpaired) electrons. The SMILES string of the molecule is COc1ccc(CNCc2cc(C)no2)cc1C#N. The summed E-state index contributed by atoms with van der Waals surface area (Å²) in [6, 6.07) is 9.55. The quantitative estimate of drug-likeness (QED) is 0.888. The van der Waals surface area contributed by atoms with Crippen molar-refractivity contribution in [2.24, 2.45) is 0 Å². The fraction of sp³-hybridized carbons (Fsp3) is 0.286. The summed E-state index contributed by atoms with van der Waals surface area (Å²) < 4.78 is 10.2. The molecule has 0 fully saturated rings. The van der Waals surface area contributed by atoms with E-state index < -0.39 is 0 Å². The Morgan fingerprint density at radius 1 is 1.37 bits per heavy atom. The number of rotatable bonds is 5. The van der Waals surface area contributed by atoms with Crippen molar-refractivity contribution < 1.29 is 9.26 Å². The smallest absolute Gasteiger partial charge is 0.150 e. The van der Waals surface area contributed by atoms with Gasteiger partial charge in [-0.15, -0.1) is 0 Å².